The van der Waals surface area contributed by atoms with Crippen LogP contribution in [0.5, 0.6) is 0 Å². The topological polar surface area (TPSA) is 58.2 Å². The van der Waals surface area contributed by atoms with Crippen LogP contribution in [0.3, 0.4) is 0 Å². The highest BCUT2D eigenvalue weighted by atomic mass is 16.5. The van der Waals surface area contributed by atoms with Crippen LogP contribution in [-0.2, 0) is 4.74 Å². The summed E-state index contributed by atoms with van der Waals surface area (Å²) in [6, 6.07) is 14.5. The van der Waals surface area contributed by atoms with Crippen LogP contribution in [0.25, 0.3) is 22.2 Å². The van der Waals surface area contributed by atoms with E-state index in [1.807, 2.05) is 30.3 Å². The number of aromatic amines is 1. The number of hydrogen-bond acceptors (Lipinski definition) is 3. The van der Waals surface area contributed by atoms with E-state index in [-0.39, 0.29) is 5.91 Å². The first-order valence-corrected chi connectivity index (χ1v) is 10.1. The number of carbonyl (C=O) groups is 1. The number of fused-ring (bicyclic) bond motifs is 1. The molecule has 0 bridgehead atoms. The fourth-order valence-electron chi connectivity index (χ4n) is 4.12. The Labute approximate surface area is 165 Å². The van der Waals surface area contributed by atoms with Crippen molar-refractivity contribution < 1.29 is 9.53 Å². The first-order chi connectivity index (χ1) is 13.8. The van der Waals surface area contributed by atoms with Crippen molar-refractivity contribution in [1.29, 1.82) is 0 Å². The summed E-state index contributed by atoms with van der Waals surface area (Å²) in [4.78, 5) is 22.6. The molecule has 1 aliphatic rings. The number of nitrogens with zero attached hydrogens (tertiary/aromatic N) is 2. The number of piperidine rings is 1. The summed E-state index contributed by atoms with van der Waals surface area (Å²) in [5.41, 5.74) is 4.96. The van der Waals surface area contributed by atoms with Crippen LogP contribution < -0.4 is 0 Å². The fourth-order valence-corrected chi connectivity index (χ4v) is 4.12. The molecule has 0 aliphatic carbocycles. The lowest BCUT2D eigenvalue weighted by atomic mass is 9.96. The number of H-pyrrole nitrogens is 1. The number of amides is 1. The molecule has 1 aromatic heterocycles. The molecule has 146 valence electrons. The molecule has 4 rings (SSSR count). The third kappa shape index (κ3) is 3.94. The molecular weight excluding hydrogens is 350 g/mol. The Balaban J connectivity index is 1.49. The monoisotopic (exact) mass is 377 g/mol. The number of rotatable bonds is 6. The molecule has 1 aliphatic heterocycles. The summed E-state index contributed by atoms with van der Waals surface area (Å²) in [6.45, 7) is 1.61. The molecule has 1 fully saturated rings. The van der Waals surface area contributed by atoms with Crippen LogP contribution in [-0.4, -0.2) is 47.1 Å². The van der Waals surface area contributed by atoms with Gasteiger partial charge in [-0.2, -0.15) is 0 Å². The van der Waals surface area contributed by atoms with Gasteiger partial charge in [-0.15, -0.1) is 0 Å². The number of benzene rings is 2. The van der Waals surface area contributed by atoms with Gasteiger partial charge in [0.15, 0.2) is 0 Å². The molecule has 0 unspecified atom stereocenters. The SMILES string of the molecule is COCCC[C@H]1CCCCN1C(=O)c1ccc(-c2ccc3nc[nH]c3c2)cc1. The summed E-state index contributed by atoms with van der Waals surface area (Å²) in [6.07, 6.45) is 7.11. The second-order valence-electron chi connectivity index (χ2n) is 7.49. The van der Waals surface area contributed by atoms with E-state index in [0.29, 0.717) is 6.04 Å². The number of nitrogens with one attached hydrogen (secondary N) is 1. The van der Waals surface area contributed by atoms with E-state index >= 15 is 0 Å². The van der Waals surface area contributed by atoms with E-state index in [9.17, 15) is 4.79 Å². The highest BCUT2D eigenvalue weighted by molar-refractivity contribution is 5.95. The maximum absolute atomic E-state index is 13.1. The van der Waals surface area contributed by atoms with Gasteiger partial charge < -0.3 is 14.6 Å². The zero-order valence-corrected chi connectivity index (χ0v) is 16.4. The van der Waals surface area contributed by atoms with Crippen molar-refractivity contribution in [1.82, 2.24) is 14.9 Å². The van der Waals surface area contributed by atoms with Crippen molar-refractivity contribution in [3.8, 4) is 11.1 Å². The molecule has 0 spiro atoms. The minimum absolute atomic E-state index is 0.151. The van der Waals surface area contributed by atoms with E-state index < -0.39 is 0 Å². The number of likely N-dealkylation sites (tertiary alicyclic amines) is 1. The normalized spacial score (nSPS) is 17.2. The molecule has 1 saturated heterocycles. The zero-order chi connectivity index (χ0) is 19.3. The van der Waals surface area contributed by atoms with Gasteiger partial charge in [0.05, 0.1) is 17.4 Å². The van der Waals surface area contributed by atoms with Gasteiger partial charge in [-0.05, 0) is 67.5 Å². The van der Waals surface area contributed by atoms with Crippen LogP contribution in [0.1, 0.15) is 42.5 Å². The lowest BCUT2D eigenvalue weighted by Crippen LogP contribution is -2.43. The van der Waals surface area contributed by atoms with Gasteiger partial charge >= 0.3 is 0 Å². The maximum Gasteiger partial charge on any atom is 0.254 e. The van der Waals surface area contributed by atoms with E-state index in [1.165, 1.54) is 6.42 Å². The van der Waals surface area contributed by atoms with Crippen molar-refractivity contribution in [2.75, 3.05) is 20.3 Å². The van der Waals surface area contributed by atoms with Gasteiger partial charge in [0.25, 0.3) is 5.91 Å². The highest BCUT2D eigenvalue weighted by Gasteiger charge is 2.27. The lowest BCUT2D eigenvalue weighted by molar-refractivity contribution is 0.0585. The first kappa shape index (κ1) is 18.7. The zero-order valence-electron chi connectivity index (χ0n) is 16.4. The van der Waals surface area contributed by atoms with Gasteiger partial charge in [-0.25, -0.2) is 4.98 Å². The Morgan fingerprint density at radius 1 is 1.18 bits per heavy atom. The second kappa shape index (κ2) is 8.57. The average molecular weight is 377 g/mol. The average Bonchev–Trinajstić information content (AvgIpc) is 3.22. The molecule has 0 radical (unpaired) electrons. The van der Waals surface area contributed by atoms with Crippen molar-refractivity contribution in [3.05, 3.63) is 54.4 Å². The summed E-state index contributed by atoms with van der Waals surface area (Å²) < 4.78 is 5.18. The molecule has 1 N–H and O–H groups in total. The largest absolute Gasteiger partial charge is 0.385 e. The highest BCUT2D eigenvalue weighted by Crippen LogP contribution is 2.26. The van der Waals surface area contributed by atoms with Crippen LogP contribution in [0.15, 0.2) is 48.8 Å². The van der Waals surface area contributed by atoms with E-state index in [1.54, 1.807) is 13.4 Å². The molecule has 0 saturated carbocycles. The molecule has 2 aromatic carbocycles. The molecular formula is C23H27N3O2. The van der Waals surface area contributed by atoms with Crippen molar-refractivity contribution >= 4 is 16.9 Å². The third-order valence-electron chi connectivity index (χ3n) is 5.66. The molecule has 1 atom stereocenters. The van der Waals surface area contributed by atoms with Gasteiger partial charge in [-0.1, -0.05) is 18.2 Å². The van der Waals surface area contributed by atoms with E-state index in [0.717, 1.165) is 66.6 Å². The molecule has 1 amide bonds. The number of imidazole rings is 1. The van der Waals surface area contributed by atoms with Gasteiger partial charge in [0.2, 0.25) is 0 Å². The van der Waals surface area contributed by atoms with E-state index in [2.05, 4.69) is 27.0 Å². The maximum atomic E-state index is 13.1. The van der Waals surface area contributed by atoms with Crippen molar-refractivity contribution in [2.24, 2.45) is 0 Å². The molecule has 3 aromatic rings. The van der Waals surface area contributed by atoms with Gasteiger partial charge in [-0.3, -0.25) is 4.79 Å². The summed E-state index contributed by atoms with van der Waals surface area (Å²) >= 11 is 0. The van der Waals surface area contributed by atoms with Crippen LogP contribution in [0.2, 0.25) is 0 Å². The second-order valence-corrected chi connectivity index (χ2v) is 7.49. The quantitative estimate of drug-likeness (QED) is 0.636. The third-order valence-corrected chi connectivity index (χ3v) is 5.66. The first-order valence-electron chi connectivity index (χ1n) is 10.1. The minimum Gasteiger partial charge on any atom is -0.385 e. The Morgan fingerprint density at radius 2 is 2.00 bits per heavy atom. The predicted octanol–water partition coefficient (Wildman–Crippen LogP) is 4.65. The van der Waals surface area contributed by atoms with Crippen molar-refractivity contribution in [3.63, 3.8) is 0 Å². The Morgan fingerprint density at radius 3 is 2.82 bits per heavy atom. The Bertz CT molecular complexity index is 932. The smallest absolute Gasteiger partial charge is 0.254 e. The standard InChI is InChI=1S/C23H27N3O2/c1-28-14-4-6-20-5-2-3-13-26(20)23(27)18-9-7-17(8-10-18)19-11-12-21-22(15-19)25-16-24-21/h7-12,15-16,20H,2-6,13-14H2,1H3,(H,24,25)/t20-/m1/s1. The number of carbonyl (C=O) groups excluding carboxylic acids is 1. The summed E-state index contributed by atoms with van der Waals surface area (Å²) in [7, 11) is 1.73. The number of methoxy groups -OCH3 is 1. The van der Waals surface area contributed by atoms with Crippen molar-refractivity contribution in [2.45, 2.75) is 38.1 Å². The van der Waals surface area contributed by atoms with Crippen LogP contribution in [0.4, 0.5) is 0 Å². The molecule has 5 heteroatoms. The minimum atomic E-state index is 0.151. The Kier molecular flexibility index (Phi) is 5.72. The van der Waals surface area contributed by atoms with Gasteiger partial charge in [0.1, 0.15) is 0 Å². The van der Waals surface area contributed by atoms with Crippen LogP contribution in [0, 0.1) is 0 Å². The number of hydrogen-bond donors (Lipinski definition) is 1. The summed E-state index contributed by atoms with van der Waals surface area (Å²) in [5.74, 6) is 0.151. The molecule has 2 heterocycles. The number of aromatic nitrogens is 2. The molecule has 28 heavy (non-hydrogen) atoms. The van der Waals surface area contributed by atoms with E-state index in [4.69, 9.17) is 4.74 Å². The molecule has 5 nitrogen and oxygen atoms in total. The number of ether oxygens (including phenoxy) is 1. The fraction of sp³-hybridized carbons (Fsp3) is 0.391. The van der Waals surface area contributed by atoms with Crippen LogP contribution >= 0.6 is 0 Å². The Hall–Kier alpha value is -2.66. The summed E-state index contributed by atoms with van der Waals surface area (Å²) in [5, 5.41) is 0. The van der Waals surface area contributed by atoms with Gasteiger partial charge in [0, 0.05) is 31.9 Å². The predicted molar refractivity (Wildman–Crippen MR) is 111 cm³/mol. The lowest BCUT2D eigenvalue weighted by Gasteiger charge is -2.36.